The van der Waals surface area contributed by atoms with Crippen LogP contribution in [0.15, 0.2) is 34.9 Å². The van der Waals surface area contributed by atoms with E-state index in [0.29, 0.717) is 5.75 Å². The molecule has 98 valence electrons. The van der Waals surface area contributed by atoms with E-state index in [4.69, 9.17) is 4.74 Å². The van der Waals surface area contributed by atoms with Crippen LogP contribution in [0.5, 0.6) is 11.6 Å². The maximum absolute atomic E-state index is 10.9. The number of nitrogens with zero attached hydrogens (tertiary/aromatic N) is 3. The quantitative estimate of drug-likeness (QED) is 0.686. The molecule has 0 radical (unpaired) electrons. The summed E-state index contributed by atoms with van der Waals surface area (Å²) in [6, 6.07) is 6.88. The molecule has 7 nitrogen and oxygen atoms in total. The van der Waals surface area contributed by atoms with Gasteiger partial charge in [-0.25, -0.2) is 4.98 Å². The van der Waals surface area contributed by atoms with Crippen LogP contribution in [0.3, 0.4) is 0 Å². The van der Waals surface area contributed by atoms with E-state index in [1.54, 1.807) is 31.3 Å². The van der Waals surface area contributed by atoms with Gasteiger partial charge in [0.15, 0.2) is 0 Å². The number of hydrogen-bond donors (Lipinski definition) is 1. The molecule has 1 aromatic carbocycles. The predicted molar refractivity (Wildman–Crippen MR) is 72.4 cm³/mol. The molecule has 0 fully saturated rings. The topological polar surface area (TPSA) is 90.2 Å². The van der Waals surface area contributed by atoms with Crippen LogP contribution >= 0.6 is 15.9 Å². The van der Waals surface area contributed by atoms with Crippen LogP contribution in [0.2, 0.25) is 0 Å². The number of nitro groups is 1. The fourth-order valence-electron chi connectivity index (χ4n) is 1.29. The molecule has 0 spiro atoms. The van der Waals surface area contributed by atoms with Crippen molar-refractivity contribution >= 4 is 27.6 Å². The fraction of sp³-hybridized carbons (Fsp3) is 0.0909. The average Bonchev–Trinajstić information content (AvgIpc) is 2.41. The molecule has 0 saturated carbocycles. The van der Waals surface area contributed by atoms with E-state index in [-0.39, 0.29) is 17.5 Å². The second kappa shape index (κ2) is 5.61. The molecule has 0 aliphatic heterocycles. The van der Waals surface area contributed by atoms with Crippen molar-refractivity contribution in [2.45, 2.75) is 0 Å². The van der Waals surface area contributed by atoms with Crippen molar-refractivity contribution in [1.82, 2.24) is 9.97 Å². The first kappa shape index (κ1) is 13.2. The maximum atomic E-state index is 10.9. The van der Waals surface area contributed by atoms with Gasteiger partial charge in [0.1, 0.15) is 11.9 Å². The minimum atomic E-state index is -0.590. The lowest BCUT2D eigenvalue weighted by Crippen LogP contribution is -2.01. The SMILES string of the molecule is CNc1ncc([N+](=O)[O-])c(Oc2ccc(Br)cc2)n1. The minimum Gasteiger partial charge on any atom is -0.434 e. The number of aromatic nitrogens is 2. The summed E-state index contributed by atoms with van der Waals surface area (Å²) in [5, 5.41) is 13.6. The highest BCUT2D eigenvalue weighted by molar-refractivity contribution is 9.10. The molecule has 0 amide bonds. The lowest BCUT2D eigenvalue weighted by molar-refractivity contribution is -0.386. The van der Waals surface area contributed by atoms with Crippen LogP contribution in [0, 0.1) is 10.1 Å². The number of benzene rings is 1. The molecule has 0 aliphatic carbocycles. The first-order valence-electron chi connectivity index (χ1n) is 5.23. The summed E-state index contributed by atoms with van der Waals surface area (Å²) in [7, 11) is 1.62. The Labute approximate surface area is 116 Å². The van der Waals surface area contributed by atoms with Crippen LogP contribution in [0.1, 0.15) is 0 Å². The van der Waals surface area contributed by atoms with Crippen LogP contribution in [-0.4, -0.2) is 21.9 Å². The smallest absolute Gasteiger partial charge is 0.349 e. The van der Waals surface area contributed by atoms with E-state index in [0.717, 1.165) is 10.7 Å². The highest BCUT2D eigenvalue weighted by Gasteiger charge is 2.19. The molecule has 1 N–H and O–H groups in total. The van der Waals surface area contributed by atoms with Gasteiger partial charge in [0.05, 0.1) is 4.92 Å². The van der Waals surface area contributed by atoms with E-state index in [1.165, 1.54) is 0 Å². The summed E-state index contributed by atoms with van der Waals surface area (Å²) in [5.74, 6) is 0.594. The molecule has 1 heterocycles. The zero-order chi connectivity index (χ0) is 13.8. The third-order valence-corrected chi connectivity index (χ3v) is 2.71. The second-order valence-corrected chi connectivity index (χ2v) is 4.36. The first-order valence-corrected chi connectivity index (χ1v) is 6.02. The van der Waals surface area contributed by atoms with Crippen molar-refractivity contribution in [3.63, 3.8) is 0 Å². The molecule has 0 bridgehead atoms. The third-order valence-electron chi connectivity index (χ3n) is 2.18. The summed E-state index contributed by atoms with van der Waals surface area (Å²) in [5.41, 5.74) is -0.290. The van der Waals surface area contributed by atoms with Crippen molar-refractivity contribution in [3.05, 3.63) is 45.0 Å². The Bertz CT molecular complexity index is 603. The lowest BCUT2D eigenvalue weighted by Gasteiger charge is -2.06. The zero-order valence-electron chi connectivity index (χ0n) is 9.83. The standard InChI is InChI=1S/C11H9BrN4O3/c1-13-11-14-6-9(16(17)18)10(15-11)19-8-4-2-7(12)3-5-8/h2-6H,1H3,(H,13,14,15). The molecule has 2 aromatic rings. The van der Waals surface area contributed by atoms with Gasteiger partial charge in [0, 0.05) is 11.5 Å². The van der Waals surface area contributed by atoms with E-state index < -0.39 is 4.92 Å². The molecular formula is C11H9BrN4O3. The van der Waals surface area contributed by atoms with Crippen molar-refractivity contribution in [1.29, 1.82) is 0 Å². The van der Waals surface area contributed by atoms with Gasteiger partial charge in [0.2, 0.25) is 5.95 Å². The largest absolute Gasteiger partial charge is 0.434 e. The molecule has 0 aliphatic rings. The Morgan fingerprint density at radius 2 is 2.05 bits per heavy atom. The maximum Gasteiger partial charge on any atom is 0.349 e. The number of hydrogen-bond acceptors (Lipinski definition) is 6. The number of rotatable bonds is 4. The molecule has 0 saturated heterocycles. The van der Waals surface area contributed by atoms with Crippen LogP contribution in [0.4, 0.5) is 11.6 Å². The van der Waals surface area contributed by atoms with Gasteiger partial charge in [-0.1, -0.05) is 15.9 Å². The molecule has 19 heavy (non-hydrogen) atoms. The van der Waals surface area contributed by atoms with Crippen molar-refractivity contribution in [2.75, 3.05) is 12.4 Å². The predicted octanol–water partition coefficient (Wildman–Crippen LogP) is 2.98. The Kier molecular flexibility index (Phi) is 3.91. The van der Waals surface area contributed by atoms with Crippen molar-refractivity contribution in [2.24, 2.45) is 0 Å². The number of anilines is 1. The summed E-state index contributed by atoms with van der Waals surface area (Å²) >= 11 is 3.29. The van der Waals surface area contributed by atoms with Gasteiger partial charge in [0.25, 0.3) is 0 Å². The molecular weight excluding hydrogens is 316 g/mol. The summed E-state index contributed by atoms with van der Waals surface area (Å²) in [4.78, 5) is 18.0. The van der Waals surface area contributed by atoms with Crippen molar-refractivity contribution in [3.8, 4) is 11.6 Å². The van der Waals surface area contributed by atoms with Crippen LogP contribution < -0.4 is 10.1 Å². The Morgan fingerprint density at radius 3 is 2.63 bits per heavy atom. The van der Waals surface area contributed by atoms with Gasteiger partial charge < -0.3 is 10.1 Å². The van der Waals surface area contributed by atoms with Gasteiger partial charge in [-0.05, 0) is 24.3 Å². The minimum absolute atomic E-state index is 0.105. The molecule has 2 rings (SSSR count). The van der Waals surface area contributed by atoms with E-state index in [2.05, 4.69) is 31.2 Å². The molecule has 0 unspecified atom stereocenters. The zero-order valence-corrected chi connectivity index (χ0v) is 11.4. The first-order chi connectivity index (χ1) is 9.10. The fourth-order valence-corrected chi connectivity index (χ4v) is 1.56. The van der Waals surface area contributed by atoms with E-state index >= 15 is 0 Å². The molecule has 0 atom stereocenters. The van der Waals surface area contributed by atoms with E-state index in [1.807, 2.05) is 0 Å². The number of ether oxygens (including phenoxy) is 1. The van der Waals surface area contributed by atoms with E-state index in [9.17, 15) is 10.1 Å². The van der Waals surface area contributed by atoms with Crippen LogP contribution in [0.25, 0.3) is 0 Å². The Hall–Kier alpha value is -2.22. The Balaban J connectivity index is 2.36. The molecule has 1 aromatic heterocycles. The highest BCUT2D eigenvalue weighted by atomic mass is 79.9. The summed E-state index contributed by atoms with van der Waals surface area (Å²) in [6.07, 6.45) is 1.10. The van der Waals surface area contributed by atoms with Gasteiger partial charge >= 0.3 is 11.6 Å². The highest BCUT2D eigenvalue weighted by Crippen LogP contribution is 2.29. The Morgan fingerprint density at radius 1 is 1.37 bits per heavy atom. The summed E-state index contributed by atoms with van der Waals surface area (Å²) in [6.45, 7) is 0. The third kappa shape index (κ3) is 3.16. The monoisotopic (exact) mass is 324 g/mol. The molecule has 8 heteroatoms. The number of halogens is 1. The second-order valence-electron chi connectivity index (χ2n) is 3.45. The van der Waals surface area contributed by atoms with Gasteiger partial charge in [-0.2, -0.15) is 4.98 Å². The van der Waals surface area contributed by atoms with Gasteiger partial charge in [-0.3, -0.25) is 10.1 Å². The normalized spacial score (nSPS) is 10.0. The van der Waals surface area contributed by atoms with Crippen molar-refractivity contribution < 1.29 is 9.66 Å². The van der Waals surface area contributed by atoms with Gasteiger partial charge in [-0.15, -0.1) is 0 Å². The van der Waals surface area contributed by atoms with Crippen LogP contribution in [-0.2, 0) is 0 Å². The summed E-state index contributed by atoms with van der Waals surface area (Å²) < 4.78 is 6.30. The number of nitrogens with one attached hydrogen (secondary N) is 1. The lowest BCUT2D eigenvalue weighted by atomic mass is 10.3. The average molecular weight is 325 g/mol.